The molecule has 0 saturated heterocycles. The zero-order valence-electron chi connectivity index (χ0n) is 9.43. The molecule has 2 heterocycles. The molecule has 0 unspecified atom stereocenters. The van der Waals surface area contributed by atoms with E-state index in [1.807, 2.05) is 29.3 Å². The van der Waals surface area contributed by atoms with Gasteiger partial charge in [0.05, 0.1) is 6.54 Å². The van der Waals surface area contributed by atoms with Crippen molar-refractivity contribution in [2.45, 2.75) is 20.0 Å². The molecule has 0 aliphatic heterocycles. The van der Waals surface area contributed by atoms with Gasteiger partial charge in [-0.05, 0) is 30.2 Å². The van der Waals surface area contributed by atoms with Crippen LogP contribution in [0.4, 0.5) is 0 Å². The number of pyridine rings is 1. The lowest BCUT2D eigenvalue weighted by Gasteiger charge is -2.07. The summed E-state index contributed by atoms with van der Waals surface area (Å²) < 4.78 is 1.92. The van der Waals surface area contributed by atoms with Gasteiger partial charge in [0.25, 0.3) is 0 Å². The first-order valence-electron chi connectivity index (χ1n) is 5.44. The zero-order valence-corrected chi connectivity index (χ0v) is 9.43. The molecule has 16 heavy (non-hydrogen) atoms. The standard InChI is InChI=1S/C12H16N4/c1-11-9-13-5-3-12(11)10-14-6-8-16-7-2-4-15-16/h2-5,7,9,14H,6,8,10H2,1H3. The van der Waals surface area contributed by atoms with Gasteiger partial charge >= 0.3 is 0 Å². The first-order valence-corrected chi connectivity index (χ1v) is 5.44. The van der Waals surface area contributed by atoms with Crippen molar-refractivity contribution >= 4 is 0 Å². The predicted octanol–water partition coefficient (Wildman–Crippen LogP) is 1.38. The number of hydrogen-bond donors (Lipinski definition) is 1. The summed E-state index contributed by atoms with van der Waals surface area (Å²) in [5.41, 5.74) is 2.53. The van der Waals surface area contributed by atoms with Crippen molar-refractivity contribution in [2.24, 2.45) is 0 Å². The molecule has 0 fully saturated rings. The summed E-state index contributed by atoms with van der Waals surface area (Å²) in [4.78, 5) is 4.07. The van der Waals surface area contributed by atoms with Crippen LogP contribution in [0.25, 0.3) is 0 Å². The number of rotatable bonds is 5. The number of nitrogens with zero attached hydrogens (tertiary/aromatic N) is 3. The summed E-state index contributed by atoms with van der Waals surface area (Å²) in [6.07, 6.45) is 7.49. The third kappa shape index (κ3) is 2.90. The van der Waals surface area contributed by atoms with E-state index in [0.29, 0.717) is 0 Å². The van der Waals surface area contributed by atoms with E-state index in [1.165, 1.54) is 11.1 Å². The third-order valence-corrected chi connectivity index (χ3v) is 2.53. The Balaban J connectivity index is 1.74. The Labute approximate surface area is 95.3 Å². The van der Waals surface area contributed by atoms with Gasteiger partial charge in [-0.1, -0.05) is 0 Å². The van der Waals surface area contributed by atoms with E-state index >= 15 is 0 Å². The summed E-state index contributed by atoms with van der Waals surface area (Å²) in [5.74, 6) is 0. The minimum absolute atomic E-state index is 0.885. The van der Waals surface area contributed by atoms with E-state index in [4.69, 9.17) is 0 Å². The van der Waals surface area contributed by atoms with Crippen molar-refractivity contribution in [3.05, 3.63) is 48.0 Å². The molecule has 0 aliphatic rings. The fourth-order valence-corrected chi connectivity index (χ4v) is 1.55. The van der Waals surface area contributed by atoms with Gasteiger partial charge in [-0.15, -0.1) is 0 Å². The SMILES string of the molecule is Cc1cnccc1CNCCn1cccn1. The average molecular weight is 216 g/mol. The second kappa shape index (κ2) is 5.42. The van der Waals surface area contributed by atoms with Crippen LogP contribution in [0, 0.1) is 6.92 Å². The lowest BCUT2D eigenvalue weighted by Crippen LogP contribution is -2.20. The van der Waals surface area contributed by atoms with Crippen LogP contribution in [0.2, 0.25) is 0 Å². The maximum Gasteiger partial charge on any atom is 0.0534 e. The van der Waals surface area contributed by atoms with Crippen molar-refractivity contribution in [1.82, 2.24) is 20.1 Å². The van der Waals surface area contributed by atoms with Crippen LogP contribution in [0.15, 0.2) is 36.9 Å². The lowest BCUT2D eigenvalue weighted by molar-refractivity contribution is 0.554. The summed E-state index contributed by atoms with van der Waals surface area (Å²) in [5, 5.41) is 7.54. The van der Waals surface area contributed by atoms with E-state index in [9.17, 15) is 0 Å². The minimum Gasteiger partial charge on any atom is -0.311 e. The summed E-state index contributed by atoms with van der Waals surface area (Å²) in [6, 6.07) is 3.99. The van der Waals surface area contributed by atoms with E-state index in [2.05, 4.69) is 28.4 Å². The zero-order chi connectivity index (χ0) is 11.2. The third-order valence-electron chi connectivity index (χ3n) is 2.53. The number of nitrogens with one attached hydrogen (secondary N) is 1. The number of aryl methyl sites for hydroxylation is 1. The molecule has 0 aliphatic carbocycles. The van der Waals surface area contributed by atoms with Crippen LogP contribution in [0.3, 0.4) is 0 Å². The van der Waals surface area contributed by atoms with Gasteiger partial charge in [-0.25, -0.2) is 0 Å². The molecule has 2 aromatic rings. The summed E-state index contributed by atoms with van der Waals surface area (Å²) >= 11 is 0. The lowest BCUT2D eigenvalue weighted by atomic mass is 10.1. The summed E-state index contributed by atoms with van der Waals surface area (Å²) in [7, 11) is 0. The molecule has 0 aromatic carbocycles. The Kier molecular flexibility index (Phi) is 3.66. The molecule has 84 valence electrons. The number of hydrogen-bond acceptors (Lipinski definition) is 3. The Hall–Kier alpha value is -1.68. The largest absolute Gasteiger partial charge is 0.311 e. The monoisotopic (exact) mass is 216 g/mol. The van der Waals surface area contributed by atoms with E-state index in [1.54, 1.807) is 6.20 Å². The van der Waals surface area contributed by atoms with Crippen LogP contribution < -0.4 is 5.32 Å². The van der Waals surface area contributed by atoms with E-state index < -0.39 is 0 Å². The Morgan fingerprint density at radius 1 is 1.38 bits per heavy atom. The molecule has 0 amide bonds. The molecular formula is C12H16N4. The van der Waals surface area contributed by atoms with Gasteiger partial charge in [-0.3, -0.25) is 9.67 Å². The Bertz CT molecular complexity index is 422. The highest BCUT2D eigenvalue weighted by Crippen LogP contribution is 2.03. The Morgan fingerprint density at radius 3 is 3.06 bits per heavy atom. The highest BCUT2D eigenvalue weighted by Gasteiger charge is 1.96. The van der Waals surface area contributed by atoms with Crippen LogP contribution in [-0.2, 0) is 13.1 Å². The van der Waals surface area contributed by atoms with Crippen molar-refractivity contribution in [1.29, 1.82) is 0 Å². The molecule has 0 saturated carbocycles. The van der Waals surface area contributed by atoms with Crippen molar-refractivity contribution in [3.63, 3.8) is 0 Å². The quantitative estimate of drug-likeness (QED) is 0.768. The van der Waals surface area contributed by atoms with Crippen LogP contribution in [-0.4, -0.2) is 21.3 Å². The Morgan fingerprint density at radius 2 is 2.31 bits per heavy atom. The maximum atomic E-state index is 4.15. The molecular weight excluding hydrogens is 200 g/mol. The maximum absolute atomic E-state index is 4.15. The molecule has 0 radical (unpaired) electrons. The fraction of sp³-hybridized carbons (Fsp3) is 0.333. The van der Waals surface area contributed by atoms with Gasteiger partial charge in [0.2, 0.25) is 0 Å². The van der Waals surface area contributed by atoms with Gasteiger partial charge < -0.3 is 5.32 Å². The first kappa shape index (κ1) is 10.8. The van der Waals surface area contributed by atoms with E-state index in [-0.39, 0.29) is 0 Å². The van der Waals surface area contributed by atoms with E-state index in [0.717, 1.165) is 19.6 Å². The molecule has 2 rings (SSSR count). The van der Waals surface area contributed by atoms with Crippen LogP contribution >= 0.6 is 0 Å². The summed E-state index contributed by atoms with van der Waals surface area (Å²) in [6.45, 7) is 4.79. The highest BCUT2D eigenvalue weighted by atomic mass is 15.3. The second-order valence-electron chi connectivity index (χ2n) is 3.75. The topological polar surface area (TPSA) is 42.7 Å². The second-order valence-corrected chi connectivity index (χ2v) is 3.75. The molecule has 4 nitrogen and oxygen atoms in total. The minimum atomic E-state index is 0.885. The highest BCUT2D eigenvalue weighted by molar-refractivity contribution is 5.21. The molecule has 0 atom stereocenters. The number of aromatic nitrogens is 3. The van der Waals surface area contributed by atoms with Crippen LogP contribution in [0.1, 0.15) is 11.1 Å². The molecule has 1 N–H and O–H groups in total. The molecule has 0 spiro atoms. The van der Waals surface area contributed by atoms with Crippen molar-refractivity contribution in [3.8, 4) is 0 Å². The smallest absolute Gasteiger partial charge is 0.0534 e. The van der Waals surface area contributed by atoms with Gasteiger partial charge in [-0.2, -0.15) is 5.10 Å². The van der Waals surface area contributed by atoms with Gasteiger partial charge in [0.15, 0.2) is 0 Å². The normalized spacial score (nSPS) is 10.6. The molecule has 0 bridgehead atoms. The van der Waals surface area contributed by atoms with Gasteiger partial charge in [0.1, 0.15) is 0 Å². The molecule has 2 aromatic heterocycles. The van der Waals surface area contributed by atoms with Crippen molar-refractivity contribution < 1.29 is 0 Å². The first-order chi connectivity index (χ1) is 7.86. The van der Waals surface area contributed by atoms with Crippen molar-refractivity contribution in [2.75, 3.05) is 6.54 Å². The average Bonchev–Trinajstić information content (AvgIpc) is 2.79. The van der Waals surface area contributed by atoms with Crippen LogP contribution in [0.5, 0.6) is 0 Å². The predicted molar refractivity (Wildman–Crippen MR) is 62.9 cm³/mol. The molecule has 4 heteroatoms. The van der Waals surface area contributed by atoms with Gasteiger partial charge in [0, 0.05) is 37.9 Å². The fourth-order valence-electron chi connectivity index (χ4n) is 1.55.